The summed E-state index contributed by atoms with van der Waals surface area (Å²) in [5.74, 6) is -0.775. The van der Waals surface area contributed by atoms with Crippen molar-refractivity contribution >= 4 is 28.1 Å². The van der Waals surface area contributed by atoms with Gasteiger partial charge < -0.3 is 5.32 Å². The van der Waals surface area contributed by atoms with Gasteiger partial charge >= 0.3 is 16.2 Å². The number of carbonyl (C=O) groups excluding carboxylic acids is 1. The van der Waals surface area contributed by atoms with Gasteiger partial charge in [-0.3, -0.25) is 0 Å². The van der Waals surface area contributed by atoms with Crippen molar-refractivity contribution in [3.8, 4) is 0 Å². The van der Waals surface area contributed by atoms with Gasteiger partial charge in [-0.25, -0.2) is 13.9 Å². The largest absolute Gasteiger partial charge is 0.428 e. The first-order valence-corrected chi connectivity index (χ1v) is 8.30. The Morgan fingerprint density at radius 3 is 2.61 bits per heavy atom. The third-order valence-corrected chi connectivity index (χ3v) is 4.04. The van der Waals surface area contributed by atoms with Crippen molar-refractivity contribution in [3.63, 3.8) is 0 Å². The third-order valence-electron chi connectivity index (χ3n) is 3.19. The number of carbonyl (C=O) groups is 1. The van der Waals surface area contributed by atoms with E-state index in [2.05, 4.69) is 5.32 Å². The summed E-state index contributed by atoms with van der Waals surface area (Å²) in [6.07, 6.45) is 2.88. The molecule has 0 unspecified atom stereocenters. The monoisotopic (exact) mass is 335 g/mol. The number of nitrogens with one attached hydrogen (secondary N) is 1. The highest BCUT2D eigenvalue weighted by Crippen LogP contribution is 2.17. The maximum atomic E-state index is 12.2. The second-order valence-corrected chi connectivity index (χ2v) is 6.33. The van der Waals surface area contributed by atoms with Crippen LogP contribution in [0, 0.1) is 0 Å². The lowest BCUT2D eigenvalue weighted by atomic mass is 10.2. The van der Waals surface area contributed by atoms with Crippen molar-refractivity contribution in [1.29, 1.82) is 0 Å². The molecule has 0 radical (unpaired) electrons. The van der Waals surface area contributed by atoms with E-state index in [1.54, 1.807) is 6.21 Å². The van der Waals surface area contributed by atoms with Crippen LogP contribution in [0.3, 0.4) is 0 Å². The molecule has 3 rings (SSSR count). The Labute approximate surface area is 132 Å². The Balaban J connectivity index is 1.88. The van der Waals surface area contributed by atoms with E-state index in [-0.39, 0.29) is 12.2 Å². The molecule has 0 saturated carbocycles. The fourth-order valence-electron chi connectivity index (χ4n) is 2.04. The first-order valence-electron chi connectivity index (χ1n) is 6.80. The van der Waals surface area contributed by atoms with E-state index in [1.807, 2.05) is 30.3 Å². The van der Waals surface area contributed by atoms with E-state index in [0.29, 0.717) is 12.1 Å². The zero-order valence-electron chi connectivity index (χ0n) is 12.0. The summed E-state index contributed by atoms with van der Waals surface area (Å²) in [4.78, 5) is 17.2. The standard InChI is InChI=1S/C14H15N4O4S/c15-23(20,21)18-7-6-11(10-16-12-4-2-1-3-5-12)13(18)14(19)22-17-8-9-17/h1-8,16H,9-10H2,(H2,15,20,21)/q+1. The van der Waals surface area contributed by atoms with Gasteiger partial charge in [-0.15, -0.1) is 0 Å². The van der Waals surface area contributed by atoms with Gasteiger partial charge in [-0.05, 0) is 22.9 Å². The molecule has 2 aromatic rings. The van der Waals surface area contributed by atoms with Crippen molar-refractivity contribution in [2.45, 2.75) is 6.54 Å². The number of hydrogen-bond donors (Lipinski definition) is 2. The zero-order chi connectivity index (χ0) is 16.4. The molecular formula is C14H15N4O4S+. The molecule has 0 aliphatic carbocycles. The maximum Gasteiger partial charge on any atom is 0.428 e. The Hall–Kier alpha value is -2.65. The predicted octanol–water partition coefficient (Wildman–Crippen LogP) is 0.320. The molecular weight excluding hydrogens is 320 g/mol. The zero-order valence-corrected chi connectivity index (χ0v) is 12.9. The summed E-state index contributed by atoms with van der Waals surface area (Å²) < 4.78 is 25.3. The second-order valence-electron chi connectivity index (χ2n) is 4.91. The van der Waals surface area contributed by atoms with E-state index in [9.17, 15) is 13.2 Å². The van der Waals surface area contributed by atoms with Crippen molar-refractivity contribution in [2.75, 3.05) is 11.9 Å². The van der Waals surface area contributed by atoms with Gasteiger partial charge in [-0.1, -0.05) is 18.2 Å². The van der Waals surface area contributed by atoms with E-state index in [0.717, 1.165) is 9.66 Å². The molecule has 0 atom stereocenters. The highest BCUT2D eigenvalue weighted by atomic mass is 32.2. The van der Waals surface area contributed by atoms with Crippen molar-refractivity contribution < 1.29 is 22.8 Å². The normalized spacial score (nSPS) is 13.3. The summed E-state index contributed by atoms with van der Waals surface area (Å²) in [5.41, 5.74) is 1.19. The van der Waals surface area contributed by atoms with Crippen LogP contribution in [0.4, 0.5) is 5.69 Å². The average Bonchev–Trinajstić information content (AvgIpc) is 3.20. The first kappa shape index (κ1) is 15.3. The van der Waals surface area contributed by atoms with Gasteiger partial charge in [0.2, 0.25) is 0 Å². The summed E-state index contributed by atoms with van der Waals surface area (Å²) >= 11 is 0. The van der Waals surface area contributed by atoms with Crippen LogP contribution < -0.4 is 10.5 Å². The molecule has 1 aromatic heterocycles. The van der Waals surface area contributed by atoms with Gasteiger partial charge in [0.1, 0.15) is 0 Å². The Kier molecular flexibility index (Phi) is 3.89. The quantitative estimate of drug-likeness (QED) is 0.584. The van der Waals surface area contributed by atoms with Crippen molar-refractivity contribution in [3.05, 3.63) is 53.9 Å². The Morgan fingerprint density at radius 1 is 1.30 bits per heavy atom. The lowest BCUT2D eigenvalue weighted by molar-refractivity contribution is -0.696. The minimum absolute atomic E-state index is 0.115. The van der Waals surface area contributed by atoms with Crippen molar-refractivity contribution in [1.82, 2.24) is 3.97 Å². The number of rotatable bonds is 6. The lowest BCUT2D eigenvalue weighted by Crippen LogP contribution is -2.26. The number of aromatic nitrogens is 1. The molecule has 3 N–H and O–H groups in total. The van der Waals surface area contributed by atoms with Gasteiger partial charge in [0.25, 0.3) is 12.8 Å². The van der Waals surface area contributed by atoms with Crippen molar-refractivity contribution in [2.24, 2.45) is 5.14 Å². The molecule has 1 aliphatic rings. The van der Waals surface area contributed by atoms with Crippen LogP contribution in [0.2, 0.25) is 0 Å². The van der Waals surface area contributed by atoms with Crippen LogP contribution in [-0.2, 0) is 21.6 Å². The van der Waals surface area contributed by atoms with Crippen LogP contribution >= 0.6 is 0 Å². The average molecular weight is 335 g/mol. The number of anilines is 1. The fourth-order valence-corrected chi connectivity index (χ4v) is 2.72. The summed E-state index contributed by atoms with van der Waals surface area (Å²) in [6.45, 7) is 0.764. The first-order chi connectivity index (χ1) is 10.9. The number of hydrogen-bond acceptors (Lipinski definition) is 5. The highest BCUT2D eigenvalue weighted by Gasteiger charge is 2.31. The molecule has 0 fully saturated rings. The van der Waals surface area contributed by atoms with Crippen LogP contribution in [0.1, 0.15) is 16.1 Å². The van der Waals surface area contributed by atoms with E-state index in [4.69, 9.17) is 9.98 Å². The number of para-hydroxylation sites is 1. The SMILES string of the molecule is NS(=O)(=O)n1ccc(CNc2ccccc2)c1C(=O)O[N+]1=CC1. The van der Waals surface area contributed by atoms with Crippen LogP contribution in [0.25, 0.3) is 0 Å². The Morgan fingerprint density at radius 2 is 2.00 bits per heavy atom. The molecule has 120 valence electrons. The maximum absolute atomic E-state index is 12.2. The second kappa shape index (κ2) is 5.86. The van der Waals surface area contributed by atoms with Gasteiger partial charge in [0.15, 0.2) is 5.69 Å². The third kappa shape index (κ3) is 3.58. The van der Waals surface area contributed by atoms with Crippen LogP contribution in [0.5, 0.6) is 0 Å². The molecule has 1 aromatic carbocycles. The van der Waals surface area contributed by atoms with E-state index >= 15 is 0 Å². The molecule has 0 bridgehead atoms. The summed E-state index contributed by atoms with van der Waals surface area (Å²) in [5, 5.41) is 8.26. The smallest absolute Gasteiger partial charge is 0.381 e. The molecule has 0 saturated heterocycles. The summed E-state index contributed by atoms with van der Waals surface area (Å²) in [6, 6.07) is 10.8. The molecule has 8 nitrogen and oxygen atoms in total. The van der Waals surface area contributed by atoms with Crippen LogP contribution in [0.15, 0.2) is 42.6 Å². The predicted molar refractivity (Wildman–Crippen MR) is 83.3 cm³/mol. The fraction of sp³-hybridized carbons (Fsp3) is 0.143. The topological polar surface area (TPSA) is 106 Å². The molecule has 1 aliphatic heterocycles. The van der Waals surface area contributed by atoms with E-state index in [1.165, 1.54) is 17.0 Å². The molecule has 9 heteroatoms. The molecule has 0 spiro atoms. The minimum Gasteiger partial charge on any atom is -0.381 e. The van der Waals surface area contributed by atoms with Gasteiger partial charge in [-0.2, -0.15) is 13.3 Å². The minimum atomic E-state index is -4.10. The Bertz CT molecular complexity index is 871. The highest BCUT2D eigenvalue weighted by molar-refractivity contribution is 7.87. The number of nitrogens with two attached hydrogens (primary N) is 1. The number of benzene rings is 1. The van der Waals surface area contributed by atoms with Crippen LogP contribution in [-0.4, -0.2) is 35.9 Å². The summed E-state index contributed by atoms with van der Waals surface area (Å²) in [7, 11) is -4.10. The van der Waals surface area contributed by atoms with Gasteiger partial charge in [0.05, 0.1) is 0 Å². The van der Waals surface area contributed by atoms with E-state index < -0.39 is 16.2 Å². The number of hydroxylamine groups is 1. The number of nitrogens with zero attached hydrogens (tertiary/aromatic N) is 2. The molecule has 2 heterocycles. The molecule has 0 amide bonds. The lowest BCUT2D eigenvalue weighted by Gasteiger charge is -2.08. The van der Waals surface area contributed by atoms with Gasteiger partial charge in [0, 0.05) is 24.0 Å². The molecule has 23 heavy (non-hydrogen) atoms.